The van der Waals surface area contributed by atoms with Gasteiger partial charge in [-0.25, -0.2) is 8.78 Å². The lowest BCUT2D eigenvalue weighted by Gasteiger charge is -2.48. The van der Waals surface area contributed by atoms with Crippen molar-refractivity contribution < 1.29 is 28.1 Å². The molecule has 0 amide bonds. The number of methoxy groups -OCH3 is 1. The molecule has 1 spiro atoms. The highest BCUT2D eigenvalue weighted by molar-refractivity contribution is 6.01. The van der Waals surface area contributed by atoms with Crippen molar-refractivity contribution in [2.75, 3.05) is 38.3 Å². The lowest BCUT2D eigenvalue weighted by atomic mass is 9.86. The second-order valence-electron chi connectivity index (χ2n) is 10.6. The van der Waals surface area contributed by atoms with Crippen LogP contribution >= 0.6 is 0 Å². The van der Waals surface area contributed by atoms with E-state index in [0.717, 1.165) is 32.4 Å². The SMILES string of the molecule is CCc1c(F)ccc2cc(O)cc(-c3ncc4c(N5CCCC6(CCO6)C5)nc(OC[C@H](C)OC)nc4c3F)c12. The first-order chi connectivity index (χ1) is 19.3. The number of benzene rings is 2. The summed E-state index contributed by atoms with van der Waals surface area (Å²) in [7, 11) is 1.58. The molecule has 2 atom stereocenters. The van der Waals surface area contributed by atoms with Gasteiger partial charge in [-0.05, 0) is 60.7 Å². The molecule has 10 heteroatoms. The van der Waals surface area contributed by atoms with E-state index in [1.165, 1.54) is 18.2 Å². The Morgan fingerprint density at radius 2 is 2.02 bits per heavy atom. The number of fused-ring (bicyclic) bond motifs is 2. The zero-order valence-corrected chi connectivity index (χ0v) is 22.8. The summed E-state index contributed by atoms with van der Waals surface area (Å²) >= 11 is 0. The second kappa shape index (κ2) is 10.4. The number of pyridine rings is 1. The Morgan fingerprint density at radius 3 is 2.75 bits per heavy atom. The Kier molecular flexibility index (Phi) is 6.92. The average molecular weight is 551 g/mol. The second-order valence-corrected chi connectivity index (χ2v) is 10.6. The van der Waals surface area contributed by atoms with Crippen LogP contribution in [-0.4, -0.2) is 65.2 Å². The largest absolute Gasteiger partial charge is 0.508 e. The summed E-state index contributed by atoms with van der Waals surface area (Å²) in [5, 5.41) is 12.0. The lowest BCUT2D eigenvalue weighted by molar-refractivity contribution is -0.151. The molecule has 0 radical (unpaired) electrons. The van der Waals surface area contributed by atoms with Crippen molar-refractivity contribution in [3.05, 3.63) is 47.7 Å². The number of anilines is 1. The number of hydrogen-bond acceptors (Lipinski definition) is 8. The molecule has 1 unspecified atom stereocenters. The predicted molar refractivity (Wildman–Crippen MR) is 148 cm³/mol. The van der Waals surface area contributed by atoms with Crippen molar-refractivity contribution in [1.29, 1.82) is 0 Å². The number of ether oxygens (including phenoxy) is 3. The van der Waals surface area contributed by atoms with Gasteiger partial charge in [-0.2, -0.15) is 9.97 Å². The van der Waals surface area contributed by atoms with Crippen LogP contribution in [0.5, 0.6) is 11.8 Å². The molecule has 4 aromatic rings. The molecule has 8 nitrogen and oxygen atoms in total. The van der Waals surface area contributed by atoms with E-state index in [1.54, 1.807) is 19.4 Å². The third-order valence-electron chi connectivity index (χ3n) is 8.06. The van der Waals surface area contributed by atoms with Crippen molar-refractivity contribution in [3.63, 3.8) is 0 Å². The van der Waals surface area contributed by atoms with Gasteiger partial charge in [0.1, 0.15) is 35.2 Å². The van der Waals surface area contributed by atoms with E-state index in [1.807, 2.05) is 13.8 Å². The minimum absolute atomic E-state index is 0.0256. The summed E-state index contributed by atoms with van der Waals surface area (Å²) < 4.78 is 48.4. The Balaban J connectivity index is 1.54. The van der Waals surface area contributed by atoms with Gasteiger partial charge in [-0.15, -0.1) is 0 Å². The molecular formula is C30H32F2N4O4. The van der Waals surface area contributed by atoms with Crippen molar-refractivity contribution in [1.82, 2.24) is 15.0 Å². The van der Waals surface area contributed by atoms with Crippen LogP contribution in [0.15, 0.2) is 30.5 Å². The molecule has 2 saturated heterocycles. The Morgan fingerprint density at radius 1 is 1.20 bits per heavy atom. The van der Waals surface area contributed by atoms with Gasteiger partial charge >= 0.3 is 6.01 Å². The zero-order valence-electron chi connectivity index (χ0n) is 22.8. The molecule has 2 aliphatic rings. The van der Waals surface area contributed by atoms with Crippen LogP contribution in [0.3, 0.4) is 0 Å². The number of phenols is 1. The van der Waals surface area contributed by atoms with Crippen molar-refractivity contribution >= 4 is 27.5 Å². The fourth-order valence-corrected chi connectivity index (χ4v) is 5.80. The average Bonchev–Trinajstić information content (AvgIpc) is 2.95. The fourth-order valence-electron chi connectivity index (χ4n) is 5.80. The summed E-state index contributed by atoms with van der Waals surface area (Å²) in [5.74, 6) is -0.639. The number of halogens is 2. The Labute approximate surface area is 230 Å². The molecule has 1 N–H and O–H groups in total. The number of rotatable bonds is 7. The Hall–Kier alpha value is -3.63. The van der Waals surface area contributed by atoms with E-state index in [9.17, 15) is 9.50 Å². The van der Waals surface area contributed by atoms with Crippen LogP contribution in [0.1, 0.15) is 38.7 Å². The van der Waals surface area contributed by atoms with Gasteiger partial charge in [0.05, 0.1) is 23.7 Å². The third kappa shape index (κ3) is 4.58. The Bertz CT molecular complexity index is 1590. The molecule has 4 heterocycles. The summed E-state index contributed by atoms with van der Waals surface area (Å²) in [5.41, 5.74) is 0.505. The minimum Gasteiger partial charge on any atom is -0.508 e. The summed E-state index contributed by atoms with van der Waals surface area (Å²) in [6, 6.07) is 5.91. The summed E-state index contributed by atoms with van der Waals surface area (Å²) in [6.45, 7) is 5.96. The minimum atomic E-state index is -0.698. The highest BCUT2D eigenvalue weighted by Crippen LogP contribution is 2.41. The topological polar surface area (TPSA) is 89.8 Å². The van der Waals surface area contributed by atoms with Gasteiger partial charge in [0.25, 0.3) is 0 Å². The molecule has 2 aromatic carbocycles. The van der Waals surface area contributed by atoms with E-state index >= 15 is 4.39 Å². The highest BCUT2D eigenvalue weighted by Gasteiger charge is 2.43. The number of aromatic nitrogens is 3. The van der Waals surface area contributed by atoms with E-state index in [2.05, 4.69) is 19.9 Å². The number of nitrogens with zero attached hydrogens (tertiary/aromatic N) is 4. The van der Waals surface area contributed by atoms with Crippen LogP contribution in [-0.2, 0) is 15.9 Å². The first-order valence-electron chi connectivity index (χ1n) is 13.7. The normalized spacial score (nSPS) is 19.8. The molecule has 2 fully saturated rings. The van der Waals surface area contributed by atoms with Crippen LogP contribution in [0.4, 0.5) is 14.6 Å². The molecule has 0 aliphatic carbocycles. The quantitative estimate of drug-likeness (QED) is 0.320. The lowest BCUT2D eigenvalue weighted by Crippen LogP contribution is -2.56. The molecule has 40 heavy (non-hydrogen) atoms. The molecule has 0 bridgehead atoms. The smallest absolute Gasteiger partial charge is 0.319 e. The monoisotopic (exact) mass is 550 g/mol. The fraction of sp³-hybridized carbons (Fsp3) is 0.433. The number of aromatic hydroxyl groups is 1. The predicted octanol–water partition coefficient (Wildman–Crippen LogP) is 5.56. The molecule has 210 valence electrons. The van der Waals surface area contributed by atoms with Gasteiger partial charge in [0, 0.05) is 38.4 Å². The van der Waals surface area contributed by atoms with Gasteiger partial charge in [0.2, 0.25) is 0 Å². The van der Waals surface area contributed by atoms with Gasteiger partial charge in [-0.1, -0.05) is 13.0 Å². The van der Waals surface area contributed by atoms with E-state index in [0.29, 0.717) is 46.1 Å². The maximum Gasteiger partial charge on any atom is 0.319 e. The summed E-state index contributed by atoms with van der Waals surface area (Å²) in [4.78, 5) is 15.7. The first-order valence-corrected chi connectivity index (χ1v) is 13.7. The van der Waals surface area contributed by atoms with E-state index in [-0.39, 0.29) is 41.3 Å². The van der Waals surface area contributed by atoms with Crippen molar-refractivity contribution in [2.45, 2.75) is 51.2 Å². The van der Waals surface area contributed by atoms with E-state index in [4.69, 9.17) is 14.2 Å². The van der Waals surface area contributed by atoms with E-state index < -0.39 is 11.6 Å². The van der Waals surface area contributed by atoms with Gasteiger partial charge < -0.3 is 24.2 Å². The van der Waals surface area contributed by atoms with Crippen molar-refractivity contribution in [2.24, 2.45) is 0 Å². The van der Waals surface area contributed by atoms with Crippen LogP contribution in [0.25, 0.3) is 32.9 Å². The van der Waals surface area contributed by atoms with Crippen LogP contribution < -0.4 is 9.64 Å². The van der Waals surface area contributed by atoms with Gasteiger partial charge in [-0.3, -0.25) is 4.98 Å². The number of hydrogen-bond donors (Lipinski definition) is 1. The van der Waals surface area contributed by atoms with Crippen LogP contribution in [0, 0.1) is 11.6 Å². The highest BCUT2D eigenvalue weighted by atomic mass is 19.1. The summed E-state index contributed by atoms with van der Waals surface area (Å²) in [6.07, 6.45) is 4.57. The maximum absolute atomic E-state index is 16.5. The maximum atomic E-state index is 16.5. The third-order valence-corrected chi connectivity index (χ3v) is 8.06. The molecule has 2 aromatic heterocycles. The van der Waals surface area contributed by atoms with Crippen LogP contribution in [0.2, 0.25) is 0 Å². The van der Waals surface area contributed by atoms with Crippen molar-refractivity contribution in [3.8, 4) is 23.0 Å². The molecule has 0 saturated carbocycles. The van der Waals surface area contributed by atoms with Gasteiger partial charge in [0.15, 0.2) is 5.82 Å². The number of phenolic OH excluding ortho intramolecular Hbond substituents is 1. The number of aryl methyl sites for hydroxylation is 1. The molecule has 6 rings (SSSR count). The molecule has 2 aliphatic heterocycles. The number of piperidine rings is 1. The molecular weight excluding hydrogens is 518 g/mol. The standard InChI is InChI=1S/C30H32F2N4O4/c1-4-20-23(31)7-6-18-12-19(37)13-21(24(18)20)26-25(32)27-22(14-33-26)28(35-29(34-27)39-15-17(2)38-3)36-10-5-8-30(16-36)9-11-40-30/h6-7,12-14,17,37H,4-5,8-11,15-16H2,1-3H3/t17-,30?/m0/s1. The zero-order chi connectivity index (χ0) is 28.0. The first kappa shape index (κ1) is 26.6.